The summed E-state index contributed by atoms with van der Waals surface area (Å²) >= 11 is 0. The van der Waals surface area contributed by atoms with E-state index in [4.69, 9.17) is 37.0 Å². The molecule has 0 aliphatic rings. The van der Waals surface area contributed by atoms with E-state index in [1.807, 2.05) is 0 Å². The lowest BCUT2D eigenvalue weighted by Crippen LogP contribution is -2.30. The van der Waals surface area contributed by atoms with Crippen LogP contribution in [0.2, 0.25) is 0 Å². The number of aliphatic hydroxyl groups excluding tert-OH is 1. The van der Waals surface area contributed by atoms with Crippen LogP contribution < -0.4 is 0 Å². The van der Waals surface area contributed by atoms with Crippen molar-refractivity contribution in [2.75, 3.05) is 39.6 Å². The predicted octanol–water partition coefficient (Wildman–Crippen LogP) is 21.8. The van der Waals surface area contributed by atoms with Gasteiger partial charge in [-0.05, 0) is 43.4 Å². The molecule has 0 saturated heterocycles. The molecule has 0 fully saturated rings. The minimum atomic E-state index is -4.96. The predicted molar refractivity (Wildman–Crippen MR) is 381 cm³/mol. The van der Waals surface area contributed by atoms with Crippen LogP contribution in [0.5, 0.6) is 0 Å². The SMILES string of the molecule is CCCCCCCCCCCC(=O)OC[C@H](COP(=O)(O)OC[C@H](O)COP(=O)(O)OC[C@@H](COC(=O)CCCCCCCCCCCCCCCCC(C)CC)OC(=O)CCCCCCCCCCCCCCCCCC(C)C)OC(=O)CCCCCCCCC(C)C. The Bertz CT molecular complexity index is 1840. The van der Waals surface area contributed by atoms with Crippen molar-refractivity contribution in [3.8, 4) is 0 Å². The normalized spacial score (nSPS) is 14.4. The van der Waals surface area contributed by atoms with Crippen molar-refractivity contribution in [2.24, 2.45) is 17.8 Å². The molecule has 3 unspecified atom stereocenters. The summed E-state index contributed by atoms with van der Waals surface area (Å²) in [4.78, 5) is 72.6. The van der Waals surface area contributed by atoms with E-state index in [2.05, 4.69) is 48.5 Å². The first-order valence-electron chi connectivity index (χ1n) is 38.9. The van der Waals surface area contributed by atoms with Gasteiger partial charge in [-0.1, -0.05) is 331 Å². The van der Waals surface area contributed by atoms with E-state index in [-0.39, 0.29) is 25.7 Å². The zero-order valence-corrected chi connectivity index (χ0v) is 63.2. The quantitative estimate of drug-likeness (QED) is 0.0222. The molecule has 17 nitrogen and oxygen atoms in total. The van der Waals surface area contributed by atoms with Gasteiger partial charge in [0.25, 0.3) is 0 Å². The minimum absolute atomic E-state index is 0.102. The van der Waals surface area contributed by atoms with Gasteiger partial charge in [0.1, 0.15) is 19.3 Å². The van der Waals surface area contributed by atoms with Crippen molar-refractivity contribution < 1.29 is 80.2 Å². The van der Waals surface area contributed by atoms with Crippen molar-refractivity contribution >= 4 is 39.5 Å². The van der Waals surface area contributed by atoms with Crippen LogP contribution >= 0.6 is 15.6 Å². The average Bonchev–Trinajstić information content (AvgIpc) is 3.54. The minimum Gasteiger partial charge on any atom is -0.462 e. The molecule has 558 valence electrons. The molecule has 0 rings (SSSR count). The van der Waals surface area contributed by atoms with E-state index in [1.54, 1.807) is 0 Å². The fourth-order valence-electron chi connectivity index (χ4n) is 11.4. The third-order valence-corrected chi connectivity index (χ3v) is 19.6. The van der Waals surface area contributed by atoms with Crippen molar-refractivity contribution in [1.82, 2.24) is 0 Å². The zero-order chi connectivity index (χ0) is 69.4. The van der Waals surface area contributed by atoms with Gasteiger partial charge in [0.15, 0.2) is 12.2 Å². The van der Waals surface area contributed by atoms with Crippen LogP contribution in [0.3, 0.4) is 0 Å². The van der Waals surface area contributed by atoms with Gasteiger partial charge in [-0.2, -0.15) is 0 Å². The van der Waals surface area contributed by atoms with Gasteiger partial charge in [0.05, 0.1) is 26.4 Å². The van der Waals surface area contributed by atoms with E-state index in [0.717, 1.165) is 102 Å². The van der Waals surface area contributed by atoms with E-state index < -0.39 is 97.5 Å². The van der Waals surface area contributed by atoms with Crippen molar-refractivity contribution in [1.29, 1.82) is 0 Å². The summed E-state index contributed by atoms with van der Waals surface area (Å²) < 4.78 is 68.4. The zero-order valence-electron chi connectivity index (χ0n) is 61.4. The molecule has 0 aliphatic heterocycles. The van der Waals surface area contributed by atoms with E-state index in [0.29, 0.717) is 31.6 Å². The molecule has 0 saturated carbocycles. The lowest BCUT2D eigenvalue weighted by molar-refractivity contribution is -0.161. The smallest absolute Gasteiger partial charge is 0.462 e. The van der Waals surface area contributed by atoms with Crippen LogP contribution in [0.4, 0.5) is 0 Å². The van der Waals surface area contributed by atoms with Gasteiger partial charge in [-0.15, -0.1) is 0 Å². The number of esters is 4. The first-order valence-corrected chi connectivity index (χ1v) is 41.9. The van der Waals surface area contributed by atoms with Gasteiger partial charge >= 0.3 is 39.5 Å². The lowest BCUT2D eigenvalue weighted by atomic mass is 9.99. The molecule has 6 atom stereocenters. The Morgan fingerprint density at radius 1 is 0.309 bits per heavy atom. The number of ether oxygens (including phenoxy) is 4. The van der Waals surface area contributed by atoms with Crippen LogP contribution in [0, 0.1) is 17.8 Å². The summed E-state index contributed by atoms with van der Waals surface area (Å²) in [7, 11) is -9.91. The molecule has 0 spiro atoms. The standard InChI is InChI=1S/C75H146O17P2/c1-8-10-11-12-13-27-34-42-49-56-72(77)85-63-71(92-75(80)59-52-45-38-37-40-47-54-67(5)6)65-90-94(83,84)88-61-69(76)60-87-93(81,82)89-64-70(91-74(79)58-51-44-36-31-26-22-16-14-15-19-23-28-32-39-46-53-66(3)4)62-86-73(78)57-50-43-35-30-25-21-18-17-20-24-29-33-41-48-55-68(7)9-2/h66-71,76H,8-65H2,1-7H3,(H,81,82)(H,83,84)/t68?,69-,70-,71-/m1/s1. The van der Waals surface area contributed by atoms with Crippen LogP contribution in [-0.2, 0) is 65.4 Å². The molecule has 19 heteroatoms. The number of phosphoric ester groups is 2. The van der Waals surface area contributed by atoms with Crippen molar-refractivity contribution in [3.63, 3.8) is 0 Å². The number of hydrogen-bond donors (Lipinski definition) is 3. The second kappa shape index (κ2) is 65.7. The fraction of sp³-hybridized carbons (Fsp3) is 0.947. The monoisotopic (exact) mass is 1380 g/mol. The fourth-order valence-corrected chi connectivity index (χ4v) is 13.0. The summed E-state index contributed by atoms with van der Waals surface area (Å²) in [5.41, 5.74) is 0. The lowest BCUT2D eigenvalue weighted by Gasteiger charge is -2.21. The summed E-state index contributed by atoms with van der Waals surface area (Å²) in [6.45, 7) is 11.9. The van der Waals surface area contributed by atoms with Gasteiger partial charge in [-0.25, -0.2) is 9.13 Å². The molecule has 94 heavy (non-hydrogen) atoms. The van der Waals surface area contributed by atoms with Gasteiger partial charge < -0.3 is 33.8 Å². The largest absolute Gasteiger partial charge is 0.472 e. The number of carbonyl (C=O) groups excluding carboxylic acids is 4. The Morgan fingerprint density at radius 2 is 0.543 bits per heavy atom. The number of phosphoric acid groups is 2. The van der Waals surface area contributed by atoms with Crippen LogP contribution in [0.15, 0.2) is 0 Å². The number of rotatable bonds is 73. The van der Waals surface area contributed by atoms with Crippen LogP contribution in [0.25, 0.3) is 0 Å². The third-order valence-electron chi connectivity index (χ3n) is 17.7. The Hall–Kier alpha value is -1.94. The average molecular weight is 1380 g/mol. The second-order valence-electron chi connectivity index (χ2n) is 28.2. The van der Waals surface area contributed by atoms with Crippen molar-refractivity contribution in [2.45, 2.75) is 401 Å². The first-order chi connectivity index (χ1) is 45.3. The van der Waals surface area contributed by atoms with Gasteiger partial charge in [0, 0.05) is 25.7 Å². The van der Waals surface area contributed by atoms with Crippen molar-refractivity contribution in [3.05, 3.63) is 0 Å². The van der Waals surface area contributed by atoms with E-state index in [9.17, 15) is 43.2 Å². The highest BCUT2D eigenvalue weighted by Crippen LogP contribution is 2.45. The molecule has 0 aliphatic carbocycles. The number of unbranched alkanes of at least 4 members (excludes halogenated alkanes) is 40. The maximum atomic E-state index is 13.1. The van der Waals surface area contributed by atoms with Crippen LogP contribution in [-0.4, -0.2) is 96.7 Å². The molecular weight excluding hydrogens is 1230 g/mol. The summed E-state index contributed by atoms with van der Waals surface area (Å²) in [5, 5.41) is 10.6. The van der Waals surface area contributed by atoms with Gasteiger partial charge in [0.2, 0.25) is 0 Å². The first kappa shape index (κ1) is 92.1. The molecule has 0 radical (unpaired) electrons. The Morgan fingerprint density at radius 3 is 0.809 bits per heavy atom. The topological polar surface area (TPSA) is 237 Å². The molecule has 0 heterocycles. The number of carbonyl (C=O) groups is 4. The number of hydrogen-bond acceptors (Lipinski definition) is 15. The summed E-state index contributed by atoms with van der Waals surface area (Å²) in [6, 6.07) is 0. The molecule has 3 N–H and O–H groups in total. The maximum Gasteiger partial charge on any atom is 0.472 e. The molecule has 0 aromatic carbocycles. The highest BCUT2D eigenvalue weighted by atomic mass is 31.2. The van der Waals surface area contributed by atoms with Crippen LogP contribution in [0.1, 0.15) is 382 Å². The number of aliphatic hydroxyl groups is 1. The van der Waals surface area contributed by atoms with E-state index >= 15 is 0 Å². The molecule has 0 aromatic rings. The highest BCUT2D eigenvalue weighted by molar-refractivity contribution is 7.47. The third kappa shape index (κ3) is 67.3. The maximum absolute atomic E-state index is 13.1. The molecule has 0 bridgehead atoms. The molecule has 0 amide bonds. The second-order valence-corrected chi connectivity index (χ2v) is 31.1. The highest BCUT2D eigenvalue weighted by Gasteiger charge is 2.30. The van der Waals surface area contributed by atoms with E-state index in [1.165, 1.54) is 193 Å². The summed E-state index contributed by atoms with van der Waals surface area (Å²) in [5.74, 6) is 0.197. The Kier molecular flexibility index (Phi) is 64.3. The molecular formula is C75H146O17P2. The van der Waals surface area contributed by atoms with Gasteiger partial charge in [-0.3, -0.25) is 37.3 Å². The summed E-state index contributed by atoms with van der Waals surface area (Å²) in [6.07, 6.45) is 51.5. The Balaban J connectivity index is 5.20. The molecule has 0 aromatic heterocycles. The Labute approximate surface area is 575 Å².